The zero-order valence-corrected chi connectivity index (χ0v) is 20.4. The number of rotatable bonds is 5. The maximum absolute atomic E-state index is 13.6. The number of hydrogen-bond acceptors (Lipinski definition) is 8. The number of methoxy groups -OCH3 is 2. The molecule has 0 N–H and O–H groups in total. The van der Waals surface area contributed by atoms with Crippen molar-refractivity contribution in [3.63, 3.8) is 0 Å². The van der Waals surface area contributed by atoms with E-state index in [1.165, 1.54) is 36.5 Å². The number of thiazole rings is 1. The second-order valence-electron chi connectivity index (χ2n) is 8.37. The number of amides is 2. The lowest BCUT2D eigenvalue weighted by atomic mass is 10.1. The largest absolute Gasteiger partial charge is 0.496 e. The molecule has 2 aliphatic heterocycles. The van der Waals surface area contributed by atoms with Crippen LogP contribution in [0, 0.1) is 6.92 Å². The van der Waals surface area contributed by atoms with Crippen LogP contribution in [0.2, 0.25) is 0 Å². The van der Waals surface area contributed by atoms with Crippen molar-refractivity contribution < 1.29 is 23.9 Å². The lowest BCUT2D eigenvalue weighted by molar-refractivity contribution is -0.145. The monoisotopic (exact) mass is 488 g/mol. The van der Waals surface area contributed by atoms with E-state index in [-0.39, 0.29) is 41.7 Å². The topological polar surface area (TPSA) is 111 Å². The third-order valence-electron chi connectivity index (χ3n) is 6.37. The van der Waals surface area contributed by atoms with Gasteiger partial charge in [0.1, 0.15) is 17.4 Å². The average Bonchev–Trinajstić information content (AvgIpc) is 3.41. The van der Waals surface area contributed by atoms with Crippen LogP contribution < -0.4 is 10.3 Å². The first-order valence-electron chi connectivity index (χ1n) is 11.2. The molecule has 2 aliphatic rings. The molecular formula is C23H28N4O6S. The van der Waals surface area contributed by atoms with E-state index in [0.29, 0.717) is 44.6 Å². The molecule has 2 aromatic rings. The molecule has 2 amide bonds. The summed E-state index contributed by atoms with van der Waals surface area (Å²) in [6.07, 6.45) is 1.71. The second-order valence-corrected chi connectivity index (χ2v) is 9.43. The number of likely N-dealkylation sites (tertiary alicyclic amines) is 1. The van der Waals surface area contributed by atoms with E-state index in [4.69, 9.17) is 9.47 Å². The van der Waals surface area contributed by atoms with Gasteiger partial charge in [0.25, 0.3) is 11.5 Å². The van der Waals surface area contributed by atoms with E-state index in [1.807, 2.05) is 12.3 Å². The average molecular weight is 489 g/mol. The van der Waals surface area contributed by atoms with Crippen molar-refractivity contribution >= 4 is 29.1 Å². The Morgan fingerprint density at radius 1 is 1.18 bits per heavy atom. The zero-order valence-electron chi connectivity index (χ0n) is 19.5. The van der Waals surface area contributed by atoms with Crippen molar-refractivity contribution in [3.8, 4) is 5.75 Å². The standard InChI is InChI=1S/C23H28N4O6S/c1-14-24-15(13-34-14)11-19(28)25-8-6-16-21(18(32-2)12-20(29)26(16)10-9-25)22(30)27-7-4-5-17(27)23(31)33-3/h12-13,17H,4-11H2,1-3H3/t17-/m0/s1. The molecule has 4 heterocycles. The molecule has 4 rings (SSSR count). The second kappa shape index (κ2) is 9.96. The van der Waals surface area contributed by atoms with Crippen LogP contribution in [0.25, 0.3) is 0 Å². The Kier molecular flexibility index (Phi) is 7.01. The molecule has 0 spiro atoms. The van der Waals surface area contributed by atoms with E-state index in [0.717, 1.165) is 10.7 Å². The van der Waals surface area contributed by atoms with Crippen LogP contribution in [0.4, 0.5) is 0 Å². The zero-order chi connectivity index (χ0) is 24.4. The summed E-state index contributed by atoms with van der Waals surface area (Å²) in [7, 11) is 2.71. The Balaban J connectivity index is 1.63. The molecule has 0 aliphatic carbocycles. The Hall–Kier alpha value is -3.21. The van der Waals surface area contributed by atoms with Crippen LogP contribution in [0.5, 0.6) is 5.75 Å². The summed E-state index contributed by atoms with van der Waals surface area (Å²) in [6, 6.07) is 0.635. The first-order valence-corrected chi connectivity index (χ1v) is 12.1. The van der Waals surface area contributed by atoms with Crippen molar-refractivity contribution in [1.82, 2.24) is 19.4 Å². The van der Waals surface area contributed by atoms with Gasteiger partial charge in [0.15, 0.2) is 0 Å². The molecule has 2 aromatic heterocycles. The minimum Gasteiger partial charge on any atom is -0.496 e. The third-order valence-corrected chi connectivity index (χ3v) is 7.19. The van der Waals surface area contributed by atoms with Crippen molar-refractivity contribution in [3.05, 3.63) is 43.8 Å². The van der Waals surface area contributed by atoms with Gasteiger partial charge in [-0.2, -0.15) is 0 Å². The molecule has 0 bridgehead atoms. The van der Waals surface area contributed by atoms with Gasteiger partial charge in [0, 0.05) is 49.7 Å². The highest BCUT2D eigenvalue weighted by molar-refractivity contribution is 7.09. The molecule has 182 valence electrons. The van der Waals surface area contributed by atoms with E-state index < -0.39 is 12.0 Å². The Morgan fingerprint density at radius 3 is 2.65 bits per heavy atom. The van der Waals surface area contributed by atoms with Gasteiger partial charge in [0.05, 0.1) is 31.3 Å². The molecule has 10 nitrogen and oxygen atoms in total. The molecule has 0 saturated carbocycles. The minimum atomic E-state index is -0.666. The molecule has 1 fully saturated rings. The summed E-state index contributed by atoms with van der Waals surface area (Å²) in [5, 5.41) is 2.78. The highest BCUT2D eigenvalue weighted by atomic mass is 32.1. The van der Waals surface area contributed by atoms with E-state index in [1.54, 1.807) is 9.47 Å². The number of ether oxygens (including phenoxy) is 2. The first-order chi connectivity index (χ1) is 16.3. The van der Waals surface area contributed by atoms with Crippen LogP contribution in [0.15, 0.2) is 16.2 Å². The summed E-state index contributed by atoms with van der Waals surface area (Å²) in [6.45, 7) is 3.28. The molecule has 1 atom stereocenters. The normalized spacial score (nSPS) is 17.8. The maximum atomic E-state index is 13.6. The van der Waals surface area contributed by atoms with Crippen LogP contribution in [0.3, 0.4) is 0 Å². The van der Waals surface area contributed by atoms with Crippen LogP contribution in [-0.4, -0.2) is 77.0 Å². The van der Waals surface area contributed by atoms with Gasteiger partial charge in [0.2, 0.25) is 5.91 Å². The number of pyridine rings is 1. The molecule has 0 aromatic carbocycles. The smallest absolute Gasteiger partial charge is 0.328 e. The molecule has 1 saturated heterocycles. The Labute approximate surface area is 201 Å². The van der Waals surface area contributed by atoms with Crippen LogP contribution in [0.1, 0.15) is 39.6 Å². The molecule has 11 heteroatoms. The predicted molar refractivity (Wildman–Crippen MR) is 124 cm³/mol. The molecular weight excluding hydrogens is 460 g/mol. The van der Waals surface area contributed by atoms with E-state index in [2.05, 4.69) is 4.98 Å². The summed E-state index contributed by atoms with van der Waals surface area (Å²) in [5.74, 6) is -0.727. The number of aromatic nitrogens is 2. The lowest BCUT2D eigenvalue weighted by Crippen LogP contribution is -2.42. The minimum absolute atomic E-state index is 0.0729. The van der Waals surface area contributed by atoms with E-state index >= 15 is 0 Å². The summed E-state index contributed by atoms with van der Waals surface area (Å²) in [5.41, 5.74) is 1.22. The summed E-state index contributed by atoms with van der Waals surface area (Å²) in [4.78, 5) is 59.2. The van der Waals surface area contributed by atoms with Crippen LogP contribution >= 0.6 is 11.3 Å². The van der Waals surface area contributed by atoms with Crippen molar-refractivity contribution in [1.29, 1.82) is 0 Å². The van der Waals surface area contributed by atoms with Crippen molar-refractivity contribution in [2.45, 2.75) is 45.2 Å². The number of esters is 1. The highest BCUT2D eigenvalue weighted by Gasteiger charge is 2.38. The van der Waals surface area contributed by atoms with Gasteiger partial charge in [-0.05, 0) is 19.8 Å². The van der Waals surface area contributed by atoms with Gasteiger partial charge < -0.3 is 23.8 Å². The highest BCUT2D eigenvalue weighted by Crippen LogP contribution is 2.28. The first kappa shape index (κ1) is 23.9. The number of carbonyl (C=O) groups excluding carboxylic acids is 3. The van der Waals surface area contributed by atoms with Crippen LogP contribution in [-0.2, 0) is 33.7 Å². The maximum Gasteiger partial charge on any atom is 0.328 e. The predicted octanol–water partition coefficient (Wildman–Crippen LogP) is 1.03. The molecule has 0 radical (unpaired) electrons. The SMILES string of the molecule is COC(=O)[C@@H]1CCCN1C(=O)c1c(OC)cc(=O)n2c1CCN(C(=O)Cc1csc(C)n1)CC2. The number of hydrogen-bond donors (Lipinski definition) is 0. The fraction of sp³-hybridized carbons (Fsp3) is 0.522. The van der Waals surface area contributed by atoms with Gasteiger partial charge in [-0.3, -0.25) is 14.4 Å². The van der Waals surface area contributed by atoms with Gasteiger partial charge in [-0.1, -0.05) is 0 Å². The van der Waals surface area contributed by atoms with Gasteiger partial charge in [-0.15, -0.1) is 11.3 Å². The van der Waals surface area contributed by atoms with Crippen molar-refractivity contribution in [2.75, 3.05) is 33.9 Å². The fourth-order valence-corrected chi connectivity index (χ4v) is 5.29. The Bertz CT molecular complexity index is 1170. The van der Waals surface area contributed by atoms with Crippen molar-refractivity contribution in [2.24, 2.45) is 0 Å². The number of aryl methyl sites for hydroxylation is 1. The van der Waals surface area contributed by atoms with Gasteiger partial charge >= 0.3 is 5.97 Å². The van der Waals surface area contributed by atoms with Gasteiger partial charge in [-0.25, -0.2) is 9.78 Å². The molecule has 34 heavy (non-hydrogen) atoms. The molecule has 0 unspecified atom stereocenters. The number of carbonyl (C=O) groups is 3. The quantitative estimate of drug-likeness (QED) is 0.578. The fourth-order valence-electron chi connectivity index (χ4n) is 4.68. The third kappa shape index (κ3) is 4.56. The van der Waals surface area contributed by atoms with E-state index in [9.17, 15) is 19.2 Å². The number of nitrogens with zero attached hydrogens (tertiary/aromatic N) is 4. The summed E-state index contributed by atoms with van der Waals surface area (Å²) >= 11 is 1.50. The summed E-state index contributed by atoms with van der Waals surface area (Å²) < 4.78 is 11.8. The lowest BCUT2D eigenvalue weighted by Gasteiger charge is -2.25. The number of fused-ring (bicyclic) bond motifs is 1. The Morgan fingerprint density at radius 2 is 1.97 bits per heavy atom.